The molecule has 1 fully saturated rings. The van der Waals surface area contributed by atoms with Crippen LogP contribution in [0.25, 0.3) is 0 Å². The van der Waals surface area contributed by atoms with Gasteiger partial charge in [0, 0.05) is 35.7 Å². The van der Waals surface area contributed by atoms with Crippen LogP contribution < -0.4 is 5.32 Å². The topological polar surface area (TPSA) is 41.6 Å². The van der Waals surface area contributed by atoms with Gasteiger partial charge in [-0.1, -0.05) is 27.5 Å². The van der Waals surface area contributed by atoms with E-state index in [2.05, 4.69) is 21.2 Å². The molecule has 1 atom stereocenters. The molecule has 0 aliphatic carbocycles. The Bertz CT molecular complexity index is 560. The Morgan fingerprint density at radius 1 is 1.48 bits per heavy atom. The number of carbonyl (C=O) groups is 1. The van der Waals surface area contributed by atoms with Crippen LogP contribution in [0.4, 0.5) is 4.79 Å². The minimum atomic E-state index is -0.440. The molecule has 1 amide bonds. The van der Waals surface area contributed by atoms with E-state index in [1.807, 2.05) is 39.0 Å². The number of halogens is 2. The van der Waals surface area contributed by atoms with E-state index in [0.29, 0.717) is 5.92 Å². The molecule has 1 unspecified atom stereocenters. The van der Waals surface area contributed by atoms with Gasteiger partial charge in [0.05, 0.1) is 0 Å². The lowest BCUT2D eigenvalue weighted by molar-refractivity contribution is 0.0288. The molecule has 0 saturated carbocycles. The lowest BCUT2D eigenvalue weighted by atomic mass is 10.1. The van der Waals surface area contributed by atoms with Crippen molar-refractivity contribution in [3.05, 3.63) is 33.3 Å². The fourth-order valence-electron chi connectivity index (χ4n) is 2.58. The predicted octanol–water partition coefficient (Wildman–Crippen LogP) is 4.45. The molecule has 0 radical (unpaired) electrons. The molecule has 4 nitrogen and oxygen atoms in total. The standard InChI is InChI=1S/C17H24BrClN2O2/c1-17(2,3)23-16(22)21-7-6-12(11-21)9-20-10-13-8-14(18)4-5-15(13)19/h4-5,8,12,20H,6-7,9-11H2,1-3H3. The highest BCUT2D eigenvalue weighted by molar-refractivity contribution is 9.10. The van der Waals surface area contributed by atoms with E-state index < -0.39 is 5.60 Å². The SMILES string of the molecule is CC(C)(C)OC(=O)N1CCC(CNCc2cc(Br)ccc2Cl)C1. The molecule has 1 aromatic carbocycles. The van der Waals surface area contributed by atoms with Gasteiger partial charge in [0.15, 0.2) is 0 Å². The number of hydrogen-bond acceptors (Lipinski definition) is 3. The summed E-state index contributed by atoms with van der Waals surface area (Å²) in [6, 6.07) is 5.85. The minimum Gasteiger partial charge on any atom is -0.444 e. The van der Waals surface area contributed by atoms with Crippen LogP contribution in [0.2, 0.25) is 5.02 Å². The summed E-state index contributed by atoms with van der Waals surface area (Å²) in [5.74, 6) is 0.452. The van der Waals surface area contributed by atoms with Crippen molar-refractivity contribution in [2.45, 2.75) is 39.3 Å². The Kier molecular flexibility index (Phi) is 6.34. The van der Waals surface area contributed by atoms with E-state index in [9.17, 15) is 4.79 Å². The molecular formula is C17H24BrClN2O2. The molecule has 1 saturated heterocycles. The van der Waals surface area contributed by atoms with Gasteiger partial charge in [-0.05, 0) is 56.9 Å². The Hall–Kier alpha value is -0.780. The second kappa shape index (κ2) is 7.86. The number of carbonyl (C=O) groups excluding carboxylic acids is 1. The molecule has 1 heterocycles. The van der Waals surface area contributed by atoms with Crippen molar-refractivity contribution >= 4 is 33.6 Å². The molecule has 1 aromatic rings. The Balaban J connectivity index is 1.76. The maximum atomic E-state index is 12.0. The van der Waals surface area contributed by atoms with Gasteiger partial charge in [-0.2, -0.15) is 0 Å². The van der Waals surface area contributed by atoms with Crippen LogP contribution in [0.3, 0.4) is 0 Å². The quantitative estimate of drug-likeness (QED) is 0.807. The molecule has 23 heavy (non-hydrogen) atoms. The summed E-state index contributed by atoms with van der Waals surface area (Å²) in [4.78, 5) is 13.8. The average Bonchev–Trinajstić information content (AvgIpc) is 2.90. The third-order valence-corrected chi connectivity index (χ3v) is 4.56. The van der Waals surface area contributed by atoms with Gasteiger partial charge >= 0.3 is 6.09 Å². The molecule has 1 aliphatic heterocycles. The fourth-order valence-corrected chi connectivity index (χ4v) is 3.17. The van der Waals surface area contributed by atoms with Gasteiger partial charge in [-0.15, -0.1) is 0 Å². The second-order valence-corrected chi connectivity index (χ2v) is 8.27. The summed E-state index contributed by atoms with van der Waals surface area (Å²) in [5, 5.41) is 4.20. The Labute approximate surface area is 151 Å². The second-order valence-electron chi connectivity index (χ2n) is 6.95. The third-order valence-electron chi connectivity index (χ3n) is 3.69. The monoisotopic (exact) mass is 402 g/mol. The van der Waals surface area contributed by atoms with E-state index in [4.69, 9.17) is 16.3 Å². The highest BCUT2D eigenvalue weighted by Crippen LogP contribution is 2.22. The summed E-state index contributed by atoms with van der Waals surface area (Å²) >= 11 is 9.65. The maximum absolute atomic E-state index is 12.0. The van der Waals surface area contributed by atoms with Gasteiger partial charge in [-0.25, -0.2) is 4.79 Å². The summed E-state index contributed by atoms with van der Waals surface area (Å²) in [6.45, 7) is 8.77. The number of nitrogens with zero attached hydrogens (tertiary/aromatic N) is 1. The molecule has 0 aromatic heterocycles. The van der Waals surface area contributed by atoms with Crippen molar-refractivity contribution < 1.29 is 9.53 Å². The summed E-state index contributed by atoms with van der Waals surface area (Å²) in [7, 11) is 0. The molecule has 2 rings (SSSR count). The van der Waals surface area contributed by atoms with Gasteiger partial charge in [0.2, 0.25) is 0 Å². The number of amides is 1. The van der Waals surface area contributed by atoms with Crippen molar-refractivity contribution in [3.8, 4) is 0 Å². The molecule has 128 valence electrons. The molecule has 1 aliphatic rings. The van der Waals surface area contributed by atoms with Gasteiger partial charge < -0.3 is 15.0 Å². The van der Waals surface area contributed by atoms with Crippen molar-refractivity contribution in [3.63, 3.8) is 0 Å². The van der Waals surface area contributed by atoms with Gasteiger partial charge in [0.25, 0.3) is 0 Å². The van der Waals surface area contributed by atoms with Crippen LogP contribution in [0.5, 0.6) is 0 Å². The fraction of sp³-hybridized carbons (Fsp3) is 0.588. The zero-order valence-corrected chi connectivity index (χ0v) is 16.2. The number of benzene rings is 1. The van der Waals surface area contributed by atoms with Crippen LogP contribution in [-0.2, 0) is 11.3 Å². The number of hydrogen-bond donors (Lipinski definition) is 1. The Morgan fingerprint density at radius 3 is 2.91 bits per heavy atom. The highest BCUT2D eigenvalue weighted by Gasteiger charge is 2.29. The van der Waals surface area contributed by atoms with Crippen molar-refractivity contribution in [1.82, 2.24) is 10.2 Å². The third kappa shape index (κ3) is 5.98. The van der Waals surface area contributed by atoms with Crippen LogP contribution in [0, 0.1) is 5.92 Å². The zero-order chi connectivity index (χ0) is 17.0. The molecular weight excluding hydrogens is 380 g/mol. The first kappa shape index (κ1) is 18.6. The highest BCUT2D eigenvalue weighted by atomic mass is 79.9. The van der Waals surface area contributed by atoms with Crippen molar-refractivity contribution in [2.75, 3.05) is 19.6 Å². The smallest absolute Gasteiger partial charge is 0.410 e. The van der Waals surface area contributed by atoms with Gasteiger partial charge in [-0.3, -0.25) is 0 Å². The largest absolute Gasteiger partial charge is 0.444 e. The number of nitrogens with one attached hydrogen (secondary N) is 1. The maximum Gasteiger partial charge on any atom is 0.410 e. The van der Waals surface area contributed by atoms with E-state index in [1.54, 1.807) is 4.90 Å². The van der Waals surface area contributed by atoms with Crippen LogP contribution in [0.15, 0.2) is 22.7 Å². The van der Waals surface area contributed by atoms with E-state index >= 15 is 0 Å². The van der Waals surface area contributed by atoms with E-state index in [0.717, 1.165) is 47.7 Å². The van der Waals surface area contributed by atoms with Crippen LogP contribution >= 0.6 is 27.5 Å². The van der Waals surface area contributed by atoms with E-state index in [-0.39, 0.29) is 6.09 Å². The molecule has 0 bridgehead atoms. The lowest BCUT2D eigenvalue weighted by Gasteiger charge is -2.24. The Morgan fingerprint density at radius 2 is 2.22 bits per heavy atom. The summed E-state index contributed by atoms with van der Waals surface area (Å²) in [5.41, 5.74) is 0.633. The summed E-state index contributed by atoms with van der Waals surface area (Å²) < 4.78 is 6.44. The number of ether oxygens (including phenoxy) is 1. The van der Waals surface area contributed by atoms with Crippen molar-refractivity contribution in [2.24, 2.45) is 5.92 Å². The molecule has 0 spiro atoms. The molecule has 6 heteroatoms. The average molecular weight is 404 g/mol. The first-order valence-corrected chi connectivity index (χ1v) is 9.04. The molecule has 1 N–H and O–H groups in total. The van der Waals surface area contributed by atoms with Crippen molar-refractivity contribution in [1.29, 1.82) is 0 Å². The normalized spacial score (nSPS) is 18.3. The summed E-state index contributed by atoms with van der Waals surface area (Å²) in [6.07, 6.45) is 0.786. The minimum absolute atomic E-state index is 0.213. The van der Waals surface area contributed by atoms with E-state index in [1.165, 1.54) is 0 Å². The number of rotatable bonds is 4. The van der Waals surface area contributed by atoms with Gasteiger partial charge in [0.1, 0.15) is 5.60 Å². The first-order valence-electron chi connectivity index (χ1n) is 7.87. The predicted molar refractivity (Wildman–Crippen MR) is 96.8 cm³/mol. The lowest BCUT2D eigenvalue weighted by Crippen LogP contribution is -2.36. The first-order chi connectivity index (χ1) is 10.7. The van der Waals surface area contributed by atoms with Crippen LogP contribution in [0.1, 0.15) is 32.8 Å². The van der Waals surface area contributed by atoms with Crippen LogP contribution in [-0.4, -0.2) is 36.2 Å². The number of likely N-dealkylation sites (tertiary alicyclic amines) is 1. The zero-order valence-electron chi connectivity index (χ0n) is 13.9.